The highest BCUT2D eigenvalue weighted by molar-refractivity contribution is 5.83. The summed E-state index contributed by atoms with van der Waals surface area (Å²) in [6, 6.07) is 0.0130. The van der Waals surface area contributed by atoms with E-state index in [9.17, 15) is 4.79 Å². The summed E-state index contributed by atoms with van der Waals surface area (Å²) in [5.41, 5.74) is 0. The number of rotatable bonds is 6. The van der Waals surface area contributed by atoms with Gasteiger partial charge in [-0.05, 0) is 26.2 Å². The standard InChI is InChI=1S/C12H24N2O2/c1-9(2)7-11-12(15)14(8-13-11)5-6-16-10(3)4/h9-11,13H,5-8H2,1-4H3. The predicted octanol–water partition coefficient (Wildman–Crippen LogP) is 1.22. The summed E-state index contributed by atoms with van der Waals surface area (Å²) in [6.45, 7) is 10.3. The number of carbonyl (C=O) groups is 1. The zero-order valence-corrected chi connectivity index (χ0v) is 10.8. The summed E-state index contributed by atoms with van der Waals surface area (Å²) in [6.07, 6.45) is 1.15. The van der Waals surface area contributed by atoms with Gasteiger partial charge < -0.3 is 9.64 Å². The molecule has 1 rings (SSSR count). The van der Waals surface area contributed by atoms with E-state index < -0.39 is 0 Å². The topological polar surface area (TPSA) is 41.6 Å². The van der Waals surface area contributed by atoms with E-state index in [2.05, 4.69) is 19.2 Å². The first kappa shape index (κ1) is 13.5. The van der Waals surface area contributed by atoms with Crippen molar-refractivity contribution in [2.24, 2.45) is 5.92 Å². The number of ether oxygens (including phenoxy) is 1. The monoisotopic (exact) mass is 228 g/mol. The Bertz CT molecular complexity index is 229. The highest BCUT2D eigenvalue weighted by Crippen LogP contribution is 2.12. The van der Waals surface area contributed by atoms with Crippen LogP contribution in [0.25, 0.3) is 0 Å². The van der Waals surface area contributed by atoms with Crippen LogP contribution in [-0.4, -0.2) is 42.8 Å². The van der Waals surface area contributed by atoms with Crippen molar-refractivity contribution in [3.63, 3.8) is 0 Å². The molecule has 94 valence electrons. The molecule has 1 atom stereocenters. The summed E-state index contributed by atoms with van der Waals surface area (Å²) in [5.74, 6) is 0.773. The minimum absolute atomic E-state index is 0.0130. The Balaban J connectivity index is 2.28. The molecule has 1 aliphatic rings. The number of nitrogens with one attached hydrogen (secondary N) is 1. The van der Waals surface area contributed by atoms with Crippen LogP contribution in [0.4, 0.5) is 0 Å². The van der Waals surface area contributed by atoms with Gasteiger partial charge in [0.2, 0.25) is 5.91 Å². The Kier molecular flexibility index (Phi) is 5.22. The van der Waals surface area contributed by atoms with Gasteiger partial charge in [-0.2, -0.15) is 0 Å². The molecule has 0 spiro atoms. The van der Waals surface area contributed by atoms with Crippen molar-refractivity contribution >= 4 is 5.91 Å². The molecule has 0 aromatic heterocycles. The average molecular weight is 228 g/mol. The molecule has 1 unspecified atom stereocenters. The third-order valence-corrected chi connectivity index (χ3v) is 2.66. The fourth-order valence-corrected chi connectivity index (χ4v) is 1.85. The lowest BCUT2D eigenvalue weighted by Crippen LogP contribution is -2.33. The van der Waals surface area contributed by atoms with Crippen LogP contribution in [-0.2, 0) is 9.53 Å². The fraction of sp³-hybridized carbons (Fsp3) is 0.917. The van der Waals surface area contributed by atoms with Crippen molar-refractivity contribution in [3.05, 3.63) is 0 Å². The summed E-state index contributed by atoms with van der Waals surface area (Å²) >= 11 is 0. The second kappa shape index (κ2) is 6.21. The zero-order valence-electron chi connectivity index (χ0n) is 10.8. The lowest BCUT2D eigenvalue weighted by molar-refractivity contribution is -0.130. The number of hydrogen-bond donors (Lipinski definition) is 1. The van der Waals surface area contributed by atoms with Crippen LogP contribution in [0, 0.1) is 5.92 Å². The van der Waals surface area contributed by atoms with Crippen molar-refractivity contribution < 1.29 is 9.53 Å². The first-order valence-electron chi connectivity index (χ1n) is 6.14. The smallest absolute Gasteiger partial charge is 0.240 e. The molecule has 0 bridgehead atoms. The number of carbonyl (C=O) groups excluding carboxylic acids is 1. The van der Waals surface area contributed by atoms with E-state index in [1.807, 2.05) is 18.7 Å². The molecule has 1 aliphatic heterocycles. The van der Waals surface area contributed by atoms with Gasteiger partial charge in [-0.3, -0.25) is 10.1 Å². The van der Waals surface area contributed by atoms with E-state index in [4.69, 9.17) is 4.74 Å². The average Bonchev–Trinajstić information content (AvgIpc) is 2.48. The van der Waals surface area contributed by atoms with Crippen LogP contribution in [0.3, 0.4) is 0 Å². The molecule has 0 aliphatic carbocycles. The van der Waals surface area contributed by atoms with E-state index >= 15 is 0 Å². The van der Waals surface area contributed by atoms with E-state index in [1.165, 1.54) is 0 Å². The van der Waals surface area contributed by atoms with Crippen LogP contribution in [0.2, 0.25) is 0 Å². The molecule has 1 amide bonds. The van der Waals surface area contributed by atoms with Gasteiger partial charge in [-0.15, -0.1) is 0 Å². The Hall–Kier alpha value is -0.610. The highest BCUT2D eigenvalue weighted by atomic mass is 16.5. The second-order valence-electron chi connectivity index (χ2n) is 5.07. The third kappa shape index (κ3) is 4.10. The maximum atomic E-state index is 11.9. The van der Waals surface area contributed by atoms with E-state index in [1.54, 1.807) is 0 Å². The van der Waals surface area contributed by atoms with Gasteiger partial charge in [0.05, 0.1) is 25.4 Å². The highest BCUT2D eigenvalue weighted by Gasteiger charge is 2.30. The van der Waals surface area contributed by atoms with Crippen LogP contribution < -0.4 is 5.32 Å². The summed E-state index contributed by atoms with van der Waals surface area (Å²) in [4.78, 5) is 13.8. The molecule has 0 radical (unpaired) electrons. The molecule has 16 heavy (non-hydrogen) atoms. The molecule has 4 nitrogen and oxygen atoms in total. The molecule has 0 aromatic carbocycles. The van der Waals surface area contributed by atoms with Gasteiger partial charge in [0.25, 0.3) is 0 Å². The van der Waals surface area contributed by atoms with Crippen molar-refractivity contribution in [2.75, 3.05) is 19.8 Å². The van der Waals surface area contributed by atoms with Crippen molar-refractivity contribution in [3.8, 4) is 0 Å². The van der Waals surface area contributed by atoms with Gasteiger partial charge in [0, 0.05) is 6.54 Å². The summed E-state index contributed by atoms with van der Waals surface area (Å²) < 4.78 is 5.45. The maximum Gasteiger partial charge on any atom is 0.240 e. The maximum absolute atomic E-state index is 11.9. The van der Waals surface area contributed by atoms with Crippen LogP contribution in [0.5, 0.6) is 0 Å². The Morgan fingerprint density at radius 1 is 1.44 bits per heavy atom. The van der Waals surface area contributed by atoms with E-state index in [0.29, 0.717) is 25.7 Å². The van der Waals surface area contributed by atoms with Gasteiger partial charge in [0.15, 0.2) is 0 Å². The number of hydrogen-bond acceptors (Lipinski definition) is 3. The molecule has 0 saturated carbocycles. The van der Waals surface area contributed by atoms with Gasteiger partial charge >= 0.3 is 0 Å². The van der Waals surface area contributed by atoms with E-state index in [0.717, 1.165) is 6.42 Å². The lowest BCUT2D eigenvalue weighted by Gasteiger charge is -2.17. The van der Waals surface area contributed by atoms with Crippen molar-refractivity contribution in [2.45, 2.75) is 46.3 Å². The molecule has 1 saturated heterocycles. The van der Waals surface area contributed by atoms with E-state index in [-0.39, 0.29) is 18.1 Å². The molecule has 1 heterocycles. The molecule has 0 aromatic rings. The predicted molar refractivity (Wildman–Crippen MR) is 64.0 cm³/mol. The van der Waals surface area contributed by atoms with Gasteiger partial charge in [0.1, 0.15) is 0 Å². The van der Waals surface area contributed by atoms with Crippen molar-refractivity contribution in [1.29, 1.82) is 0 Å². The Labute approximate surface area is 98.3 Å². The third-order valence-electron chi connectivity index (χ3n) is 2.66. The first-order valence-corrected chi connectivity index (χ1v) is 6.14. The minimum atomic E-state index is 0.0130. The summed E-state index contributed by atoms with van der Waals surface area (Å²) in [7, 11) is 0. The van der Waals surface area contributed by atoms with Gasteiger partial charge in [-0.25, -0.2) is 0 Å². The quantitative estimate of drug-likeness (QED) is 0.743. The second-order valence-corrected chi connectivity index (χ2v) is 5.07. The first-order chi connectivity index (χ1) is 7.50. The number of nitrogens with zero attached hydrogens (tertiary/aromatic N) is 1. The van der Waals surface area contributed by atoms with Crippen molar-refractivity contribution in [1.82, 2.24) is 10.2 Å². The largest absolute Gasteiger partial charge is 0.377 e. The Morgan fingerprint density at radius 3 is 2.69 bits per heavy atom. The SMILES string of the molecule is CC(C)CC1NCN(CCOC(C)C)C1=O. The molecular weight excluding hydrogens is 204 g/mol. The molecular formula is C12H24N2O2. The van der Waals surface area contributed by atoms with Crippen LogP contribution in [0.1, 0.15) is 34.1 Å². The molecule has 1 fully saturated rings. The number of amides is 1. The normalized spacial score (nSPS) is 21.5. The van der Waals surface area contributed by atoms with Crippen LogP contribution >= 0.6 is 0 Å². The van der Waals surface area contributed by atoms with Gasteiger partial charge in [-0.1, -0.05) is 13.8 Å². The van der Waals surface area contributed by atoms with Crippen LogP contribution in [0.15, 0.2) is 0 Å². The molecule has 4 heteroatoms. The minimum Gasteiger partial charge on any atom is -0.377 e. The fourth-order valence-electron chi connectivity index (χ4n) is 1.85. The molecule has 1 N–H and O–H groups in total. The summed E-state index contributed by atoms with van der Waals surface area (Å²) in [5, 5.41) is 3.25. The lowest BCUT2D eigenvalue weighted by atomic mass is 10.0. The Morgan fingerprint density at radius 2 is 2.12 bits per heavy atom. The zero-order chi connectivity index (χ0) is 12.1.